The highest BCUT2D eigenvalue weighted by Crippen LogP contribution is 2.22. The summed E-state index contributed by atoms with van der Waals surface area (Å²) in [7, 11) is 0. The fraction of sp³-hybridized carbons (Fsp3) is 0.769. The molecule has 3 nitrogen and oxygen atoms in total. The molecule has 16 heavy (non-hydrogen) atoms. The summed E-state index contributed by atoms with van der Waals surface area (Å²) < 4.78 is 7.98. The zero-order valence-electron chi connectivity index (χ0n) is 9.82. The standard InChI is InChI=1S/C13H20N2O/c1-2-6-15-12(5-1)9-14-13(15)8-11-4-3-7-16-10-11/h9,11H,1-8,10H2. The largest absolute Gasteiger partial charge is 0.381 e. The van der Waals surface area contributed by atoms with Gasteiger partial charge in [0, 0.05) is 38.1 Å². The SMILES string of the molecule is c1nc(CC2CCCOC2)n2c1CCCC2. The van der Waals surface area contributed by atoms with Crippen LogP contribution >= 0.6 is 0 Å². The van der Waals surface area contributed by atoms with Gasteiger partial charge in [-0.1, -0.05) is 0 Å². The van der Waals surface area contributed by atoms with Crippen molar-refractivity contribution in [1.82, 2.24) is 9.55 Å². The molecule has 2 aliphatic heterocycles. The van der Waals surface area contributed by atoms with Gasteiger partial charge in [0.1, 0.15) is 5.82 Å². The van der Waals surface area contributed by atoms with Crippen molar-refractivity contribution in [2.24, 2.45) is 5.92 Å². The molecular formula is C13H20N2O. The molecule has 2 aliphatic rings. The minimum Gasteiger partial charge on any atom is -0.381 e. The van der Waals surface area contributed by atoms with Gasteiger partial charge >= 0.3 is 0 Å². The smallest absolute Gasteiger partial charge is 0.109 e. The average Bonchev–Trinajstić information content (AvgIpc) is 2.74. The Morgan fingerprint density at radius 3 is 3.25 bits per heavy atom. The average molecular weight is 220 g/mol. The normalized spacial score (nSPS) is 25.4. The summed E-state index contributed by atoms with van der Waals surface area (Å²) in [6.45, 7) is 3.07. The van der Waals surface area contributed by atoms with Gasteiger partial charge in [-0.2, -0.15) is 0 Å². The zero-order valence-corrected chi connectivity index (χ0v) is 9.82. The fourth-order valence-corrected chi connectivity index (χ4v) is 2.89. The van der Waals surface area contributed by atoms with Gasteiger partial charge < -0.3 is 9.30 Å². The summed E-state index contributed by atoms with van der Waals surface area (Å²) in [6.07, 6.45) is 9.59. The molecule has 0 bridgehead atoms. The molecule has 1 unspecified atom stereocenters. The summed E-state index contributed by atoms with van der Waals surface area (Å²) in [5.41, 5.74) is 1.44. The van der Waals surface area contributed by atoms with Gasteiger partial charge in [0.25, 0.3) is 0 Å². The van der Waals surface area contributed by atoms with Crippen molar-refractivity contribution >= 4 is 0 Å². The summed E-state index contributed by atoms with van der Waals surface area (Å²) in [6, 6.07) is 0. The van der Waals surface area contributed by atoms with Crippen molar-refractivity contribution < 1.29 is 4.74 Å². The van der Waals surface area contributed by atoms with E-state index in [0.717, 1.165) is 19.6 Å². The number of aromatic nitrogens is 2. The molecule has 3 rings (SSSR count). The second-order valence-electron chi connectivity index (χ2n) is 5.06. The lowest BCUT2D eigenvalue weighted by Crippen LogP contribution is -2.22. The van der Waals surface area contributed by atoms with E-state index in [0.29, 0.717) is 5.92 Å². The highest BCUT2D eigenvalue weighted by molar-refractivity contribution is 5.08. The molecule has 0 spiro atoms. The number of fused-ring (bicyclic) bond motifs is 1. The predicted octanol–water partition coefficient (Wildman–Crippen LogP) is 2.19. The molecule has 1 atom stereocenters. The van der Waals surface area contributed by atoms with Gasteiger partial charge in [0.15, 0.2) is 0 Å². The molecule has 0 radical (unpaired) electrons. The maximum atomic E-state index is 5.54. The molecule has 0 saturated carbocycles. The number of rotatable bonds is 2. The number of nitrogens with zero attached hydrogens (tertiary/aromatic N) is 2. The fourth-order valence-electron chi connectivity index (χ4n) is 2.89. The number of hydrogen-bond donors (Lipinski definition) is 0. The maximum absolute atomic E-state index is 5.54. The van der Waals surface area contributed by atoms with Crippen molar-refractivity contribution in [2.75, 3.05) is 13.2 Å². The third-order valence-corrected chi connectivity index (χ3v) is 3.81. The van der Waals surface area contributed by atoms with Crippen LogP contribution in [0.3, 0.4) is 0 Å². The topological polar surface area (TPSA) is 27.1 Å². The monoisotopic (exact) mass is 220 g/mol. The first-order valence-electron chi connectivity index (χ1n) is 6.54. The Bertz CT molecular complexity index is 353. The van der Waals surface area contributed by atoms with Gasteiger partial charge in [0.2, 0.25) is 0 Å². The summed E-state index contributed by atoms with van der Waals surface area (Å²) in [4.78, 5) is 4.60. The Balaban J connectivity index is 1.71. The minimum atomic E-state index is 0.696. The molecule has 0 aromatic carbocycles. The third-order valence-electron chi connectivity index (χ3n) is 3.81. The molecule has 1 fully saturated rings. The van der Waals surface area contributed by atoms with E-state index in [1.807, 2.05) is 0 Å². The number of aryl methyl sites for hydroxylation is 1. The molecule has 3 heteroatoms. The summed E-state index contributed by atoms with van der Waals surface area (Å²) >= 11 is 0. The second kappa shape index (κ2) is 4.58. The van der Waals surface area contributed by atoms with Gasteiger partial charge in [-0.15, -0.1) is 0 Å². The predicted molar refractivity (Wildman–Crippen MR) is 62.4 cm³/mol. The van der Waals surface area contributed by atoms with E-state index >= 15 is 0 Å². The molecule has 0 aliphatic carbocycles. The molecule has 0 N–H and O–H groups in total. The van der Waals surface area contributed by atoms with Crippen LogP contribution in [0.1, 0.15) is 37.2 Å². The Morgan fingerprint density at radius 1 is 1.38 bits per heavy atom. The van der Waals surface area contributed by atoms with Crippen LogP contribution in [0, 0.1) is 5.92 Å². The van der Waals surface area contributed by atoms with Crippen LogP contribution in [0.4, 0.5) is 0 Å². The van der Waals surface area contributed by atoms with Crippen molar-refractivity contribution in [3.8, 4) is 0 Å². The molecular weight excluding hydrogens is 200 g/mol. The Labute approximate surface area is 96.8 Å². The highest BCUT2D eigenvalue weighted by atomic mass is 16.5. The summed E-state index contributed by atoms with van der Waals surface area (Å²) in [5.74, 6) is 1.99. The first kappa shape index (κ1) is 10.3. The van der Waals surface area contributed by atoms with Crippen LogP contribution in [0.5, 0.6) is 0 Å². The van der Waals surface area contributed by atoms with E-state index in [9.17, 15) is 0 Å². The van der Waals surface area contributed by atoms with Crippen LogP contribution in [-0.4, -0.2) is 22.8 Å². The lowest BCUT2D eigenvalue weighted by molar-refractivity contribution is 0.0539. The molecule has 1 aromatic heterocycles. The Hall–Kier alpha value is -0.830. The van der Waals surface area contributed by atoms with Crippen LogP contribution in [0.25, 0.3) is 0 Å². The van der Waals surface area contributed by atoms with E-state index in [1.165, 1.54) is 50.2 Å². The lowest BCUT2D eigenvalue weighted by atomic mass is 9.98. The number of ether oxygens (including phenoxy) is 1. The van der Waals surface area contributed by atoms with Gasteiger partial charge in [-0.05, 0) is 38.0 Å². The Morgan fingerprint density at radius 2 is 2.38 bits per heavy atom. The molecule has 88 valence electrons. The van der Waals surface area contributed by atoms with Gasteiger partial charge in [-0.25, -0.2) is 4.98 Å². The van der Waals surface area contributed by atoms with E-state index in [1.54, 1.807) is 0 Å². The van der Waals surface area contributed by atoms with Crippen molar-refractivity contribution in [3.05, 3.63) is 17.7 Å². The molecule has 1 aromatic rings. The molecule has 0 amide bonds. The van der Waals surface area contributed by atoms with Crippen LogP contribution < -0.4 is 0 Å². The Kier molecular flexibility index (Phi) is 2.96. The van der Waals surface area contributed by atoms with Gasteiger partial charge in [0.05, 0.1) is 0 Å². The van der Waals surface area contributed by atoms with Crippen molar-refractivity contribution in [1.29, 1.82) is 0 Å². The molecule has 1 saturated heterocycles. The van der Waals surface area contributed by atoms with Crippen molar-refractivity contribution in [2.45, 2.75) is 45.1 Å². The quantitative estimate of drug-likeness (QED) is 0.764. The number of imidazole rings is 1. The highest BCUT2D eigenvalue weighted by Gasteiger charge is 2.19. The van der Waals surface area contributed by atoms with Crippen LogP contribution in [0.15, 0.2) is 6.20 Å². The maximum Gasteiger partial charge on any atom is 0.109 e. The van der Waals surface area contributed by atoms with E-state index in [2.05, 4.69) is 15.7 Å². The lowest BCUT2D eigenvalue weighted by Gasteiger charge is -2.23. The van der Waals surface area contributed by atoms with E-state index < -0.39 is 0 Å². The van der Waals surface area contributed by atoms with Crippen molar-refractivity contribution in [3.63, 3.8) is 0 Å². The first-order chi connectivity index (χ1) is 7.93. The number of hydrogen-bond acceptors (Lipinski definition) is 2. The van der Waals surface area contributed by atoms with E-state index in [4.69, 9.17) is 4.74 Å². The van der Waals surface area contributed by atoms with Gasteiger partial charge in [-0.3, -0.25) is 0 Å². The molecule has 3 heterocycles. The van der Waals surface area contributed by atoms with E-state index in [-0.39, 0.29) is 0 Å². The zero-order chi connectivity index (χ0) is 10.8. The first-order valence-corrected chi connectivity index (χ1v) is 6.54. The van der Waals surface area contributed by atoms with Crippen LogP contribution in [-0.2, 0) is 24.1 Å². The summed E-state index contributed by atoms with van der Waals surface area (Å²) in [5, 5.41) is 0. The van der Waals surface area contributed by atoms with Crippen LogP contribution in [0.2, 0.25) is 0 Å². The third kappa shape index (κ3) is 2.01. The minimum absolute atomic E-state index is 0.696. The second-order valence-corrected chi connectivity index (χ2v) is 5.06.